The van der Waals surface area contributed by atoms with E-state index in [0.717, 1.165) is 19.6 Å². The molecule has 4 heteroatoms. The first-order valence-corrected chi connectivity index (χ1v) is 5.55. The van der Waals surface area contributed by atoms with Crippen molar-refractivity contribution in [2.45, 2.75) is 39.2 Å². The van der Waals surface area contributed by atoms with Crippen LogP contribution in [0.4, 0.5) is 4.79 Å². The van der Waals surface area contributed by atoms with Gasteiger partial charge in [-0.15, -0.1) is 0 Å². The SMILES string of the molecule is CC(C)(C)OC(=O)OCCN1CCCC1. The van der Waals surface area contributed by atoms with Crippen molar-refractivity contribution in [3.63, 3.8) is 0 Å². The molecule has 0 bridgehead atoms. The molecule has 1 heterocycles. The number of rotatable bonds is 3. The lowest BCUT2D eigenvalue weighted by atomic mass is 10.2. The summed E-state index contributed by atoms with van der Waals surface area (Å²) in [5.74, 6) is 0. The van der Waals surface area contributed by atoms with Crippen molar-refractivity contribution < 1.29 is 14.3 Å². The molecule has 0 spiro atoms. The van der Waals surface area contributed by atoms with E-state index in [1.165, 1.54) is 12.8 Å². The van der Waals surface area contributed by atoms with Gasteiger partial charge in [0, 0.05) is 6.54 Å². The number of carbonyl (C=O) groups is 1. The second-order valence-electron chi connectivity index (χ2n) is 4.86. The number of ether oxygens (including phenoxy) is 2. The van der Waals surface area contributed by atoms with Gasteiger partial charge in [-0.3, -0.25) is 4.90 Å². The van der Waals surface area contributed by atoms with Crippen LogP contribution in [0.2, 0.25) is 0 Å². The Morgan fingerprint density at radius 3 is 2.40 bits per heavy atom. The normalized spacial score (nSPS) is 17.8. The zero-order valence-corrected chi connectivity index (χ0v) is 9.91. The van der Waals surface area contributed by atoms with Gasteiger partial charge in [0.25, 0.3) is 0 Å². The molecule has 1 aliphatic rings. The quantitative estimate of drug-likeness (QED) is 0.675. The zero-order valence-electron chi connectivity index (χ0n) is 9.91. The summed E-state index contributed by atoms with van der Waals surface area (Å²) in [6, 6.07) is 0. The molecule has 1 rings (SSSR count). The molecule has 0 aromatic rings. The average Bonchev–Trinajstić information content (AvgIpc) is 2.53. The molecule has 0 N–H and O–H groups in total. The standard InChI is InChI=1S/C11H21NO3/c1-11(2,3)15-10(13)14-9-8-12-6-4-5-7-12/h4-9H2,1-3H3. The lowest BCUT2D eigenvalue weighted by Gasteiger charge is -2.19. The van der Waals surface area contributed by atoms with E-state index in [2.05, 4.69) is 4.90 Å². The molecule has 0 amide bonds. The molecule has 4 nitrogen and oxygen atoms in total. The number of carbonyl (C=O) groups excluding carboxylic acids is 1. The van der Waals surface area contributed by atoms with Crippen molar-refractivity contribution in [2.24, 2.45) is 0 Å². The van der Waals surface area contributed by atoms with E-state index in [1.807, 2.05) is 20.8 Å². The minimum Gasteiger partial charge on any atom is -0.433 e. The first kappa shape index (κ1) is 12.3. The Hall–Kier alpha value is -0.770. The molecule has 1 fully saturated rings. The van der Waals surface area contributed by atoms with Crippen molar-refractivity contribution >= 4 is 6.16 Å². The average molecular weight is 215 g/mol. The highest BCUT2D eigenvalue weighted by atomic mass is 16.7. The summed E-state index contributed by atoms with van der Waals surface area (Å²) in [6.45, 7) is 8.97. The molecule has 15 heavy (non-hydrogen) atoms. The van der Waals surface area contributed by atoms with Crippen LogP contribution in [0.15, 0.2) is 0 Å². The van der Waals surface area contributed by atoms with Crippen molar-refractivity contribution in [2.75, 3.05) is 26.2 Å². The van der Waals surface area contributed by atoms with E-state index in [4.69, 9.17) is 9.47 Å². The Labute approximate surface area is 91.5 Å². The van der Waals surface area contributed by atoms with E-state index in [9.17, 15) is 4.79 Å². The van der Waals surface area contributed by atoms with Gasteiger partial charge < -0.3 is 9.47 Å². The Morgan fingerprint density at radius 2 is 1.87 bits per heavy atom. The topological polar surface area (TPSA) is 38.8 Å². The summed E-state index contributed by atoms with van der Waals surface area (Å²) >= 11 is 0. The Bertz CT molecular complexity index is 204. The molecule has 1 aliphatic heterocycles. The number of likely N-dealkylation sites (tertiary alicyclic amines) is 1. The molecule has 0 saturated carbocycles. The van der Waals surface area contributed by atoms with Crippen LogP contribution >= 0.6 is 0 Å². The predicted molar refractivity (Wildman–Crippen MR) is 57.9 cm³/mol. The van der Waals surface area contributed by atoms with Gasteiger partial charge in [-0.1, -0.05) is 0 Å². The van der Waals surface area contributed by atoms with Crippen LogP contribution in [0.25, 0.3) is 0 Å². The second kappa shape index (κ2) is 5.35. The van der Waals surface area contributed by atoms with Gasteiger partial charge in [0.1, 0.15) is 12.2 Å². The maximum atomic E-state index is 11.2. The monoisotopic (exact) mass is 215 g/mol. The number of hydrogen-bond acceptors (Lipinski definition) is 4. The maximum absolute atomic E-state index is 11.2. The fourth-order valence-corrected chi connectivity index (χ4v) is 1.54. The number of nitrogens with zero attached hydrogens (tertiary/aromatic N) is 1. The Balaban J connectivity index is 2.06. The molecule has 1 saturated heterocycles. The zero-order chi connectivity index (χ0) is 11.3. The highest BCUT2D eigenvalue weighted by molar-refractivity contribution is 5.60. The van der Waals surface area contributed by atoms with Gasteiger partial charge in [-0.05, 0) is 46.7 Å². The first-order chi connectivity index (χ1) is 6.97. The lowest BCUT2D eigenvalue weighted by Crippen LogP contribution is -2.28. The largest absolute Gasteiger partial charge is 0.508 e. The van der Waals surface area contributed by atoms with Gasteiger partial charge >= 0.3 is 6.16 Å². The van der Waals surface area contributed by atoms with E-state index in [-0.39, 0.29) is 0 Å². The van der Waals surface area contributed by atoms with Crippen LogP contribution < -0.4 is 0 Å². The third kappa shape index (κ3) is 5.62. The van der Waals surface area contributed by atoms with Crippen LogP contribution in [0.5, 0.6) is 0 Å². The molecule has 0 aliphatic carbocycles. The lowest BCUT2D eigenvalue weighted by molar-refractivity contribution is -0.00954. The highest BCUT2D eigenvalue weighted by Gasteiger charge is 2.18. The molecule has 88 valence electrons. The molecule has 0 radical (unpaired) electrons. The van der Waals surface area contributed by atoms with Gasteiger partial charge in [0.2, 0.25) is 0 Å². The van der Waals surface area contributed by atoms with Crippen LogP contribution in [0.3, 0.4) is 0 Å². The molecular weight excluding hydrogens is 194 g/mol. The predicted octanol–water partition coefficient (Wildman–Crippen LogP) is 2.03. The minimum atomic E-state index is -0.568. The Kier molecular flexibility index (Phi) is 4.39. The third-order valence-corrected chi connectivity index (χ3v) is 2.22. The summed E-state index contributed by atoms with van der Waals surface area (Å²) in [6.07, 6.45) is 1.94. The van der Waals surface area contributed by atoms with Crippen molar-refractivity contribution in [3.8, 4) is 0 Å². The molecular formula is C11H21NO3. The summed E-state index contributed by atoms with van der Waals surface area (Å²) in [4.78, 5) is 13.5. The van der Waals surface area contributed by atoms with Gasteiger partial charge in [0.05, 0.1) is 0 Å². The molecule has 0 aromatic heterocycles. The van der Waals surface area contributed by atoms with E-state index >= 15 is 0 Å². The van der Waals surface area contributed by atoms with Gasteiger partial charge in [-0.2, -0.15) is 0 Å². The summed E-state index contributed by atoms with van der Waals surface area (Å²) < 4.78 is 10.00. The summed E-state index contributed by atoms with van der Waals surface area (Å²) in [7, 11) is 0. The first-order valence-electron chi connectivity index (χ1n) is 5.55. The van der Waals surface area contributed by atoms with Crippen LogP contribution in [0, 0.1) is 0 Å². The fourth-order valence-electron chi connectivity index (χ4n) is 1.54. The smallest absolute Gasteiger partial charge is 0.433 e. The minimum absolute atomic E-state index is 0.426. The van der Waals surface area contributed by atoms with Gasteiger partial charge in [-0.25, -0.2) is 4.79 Å². The summed E-state index contributed by atoms with van der Waals surface area (Å²) in [5, 5.41) is 0. The third-order valence-electron chi connectivity index (χ3n) is 2.22. The van der Waals surface area contributed by atoms with Crippen LogP contribution in [-0.2, 0) is 9.47 Å². The molecule has 0 unspecified atom stereocenters. The Morgan fingerprint density at radius 1 is 1.27 bits per heavy atom. The molecule has 0 atom stereocenters. The van der Waals surface area contributed by atoms with E-state index < -0.39 is 11.8 Å². The van der Waals surface area contributed by atoms with Crippen molar-refractivity contribution in [1.82, 2.24) is 4.90 Å². The maximum Gasteiger partial charge on any atom is 0.508 e. The fraction of sp³-hybridized carbons (Fsp3) is 0.909. The van der Waals surface area contributed by atoms with Crippen LogP contribution in [-0.4, -0.2) is 42.9 Å². The van der Waals surface area contributed by atoms with E-state index in [0.29, 0.717) is 6.61 Å². The van der Waals surface area contributed by atoms with Crippen molar-refractivity contribution in [3.05, 3.63) is 0 Å². The molecule has 0 aromatic carbocycles. The van der Waals surface area contributed by atoms with Crippen LogP contribution in [0.1, 0.15) is 33.6 Å². The highest BCUT2D eigenvalue weighted by Crippen LogP contribution is 2.09. The summed E-state index contributed by atoms with van der Waals surface area (Å²) in [5.41, 5.74) is -0.468. The van der Waals surface area contributed by atoms with Crippen molar-refractivity contribution in [1.29, 1.82) is 0 Å². The second-order valence-corrected chi connectivity index (χ2v) is 4.86. The number of hydrogen-bond donors (Lipinski definition) is 0. The van der Waals surface area contributed by atoms with Gasteiger partial charge in [0.15, 0.2) is 0 Å². The van der Waals surface area contributed by atoms with E-state index in [1.54, 1.807) is 0 Å².